The zero-order valence-corrected chi connectivity index (χ0v) is 8.98. The molecule has 0 aliphatic rings. The first kappa shape index (κ1) is 13.3. The Kier molecular flexibility index (Phi) is 3.94. The molecule has 0 radical (unpaired) electrons. The first-order valence-corrected chi connectivity index (χ1v) is 4.85. The molecular formula is C11H10F4N2. The summed E-state index contributed by atoms with van der Waals surface area (Å²) >= 11 is 0. The lowest BCUT2D eigenvalue weighted by molar-refractivity contribution is -0.136. The highest BCUT2D eigenvalue weighted by molar-refractivity contribution is 5.57. The van der Waals surface area contributed by atoms with Crippen molar-refractivity contribution in [2.24, 2.45) is 0 Å². The van der Waals surface area contributed by atoms with Gasteiger partial charge in [-0.25, -0.2) is 4.39 Å². The summed E-state index contributed by atoms with van der Waals surface area (Å²) in [6.45, 7) is 1.35. The van der Waals surface area contributed by atoms with Crippen molar-refractivity contribution in [3.63, 3.8) is 0 Å². The van der Waals surface area contributed by atoms with Gasteiger partial charge in [0, 0.05) is 6.04 Å². The summed E-state index contributed by atoms with van der Waals surface area (Å²) in [4.78, 5) is 0. The molecule has 0 saturated carbocycles. The Morgan fingerprint density at radius 2 is 2.06 bits per heavy atom. The highest BCUT2D eigenvalue weighted by atomic mass is 19.4. The van der Waals surface area contributed by atoms with E-state index in [-0.39, 0.29) is 11.3 Å². The Hall–Kier alpha value is -1.77. The molecule has 0 fully saturated rings. The number of alkyl halides is 3. The minimum Gasteiger partial charge on any atom is -0.381 e. The molecule has 1 aromatic rings. The molecule has 17 heavy (non-hydrogen) atoms. The summed E-state index contributed by atoms with van der Waals surface area (Å²) in [6, 6.07) is 4.15. The van der Waals surface area contributed by atoms with Gasteiger partial charge in [0.05, 0.1) is 17.7 Å². The summed E-state index contributed by atoms with van der Waals surface area (Å²) in [5.74, 6) is -0.601. The van der Waals surface area contributed by atoms with Gasteiger partial charge in [-0.15, -0.1) is 0 Å². The van der Waals surface area contributed by atoms with E-state index in [4.69, 9.17) is 5.26 Å². The molecule has 2 nitrogen and oxygen atoms in total. The van der Waals surface area contributed by atoms with Crippen molar-refractivity contribution >= 4 is 5.69 Å². The van der Waals surface area contributed by atoms with E-state index in [1.807, 2.05) is 0 Å². The third-order valence-electron chi connectivity index (χ3n) is 2.04. The van der Waals surface area contributed by atoms with Gasteiger partial charge >= 0.3 is 6.18 Å². The molecule has 0 amide bonds. The Morgan fingerprint density at radius 3 is 2.59 bits per heavy atom. The van der Waals surface area contributed by atoms with Crippen molar-refractivity contribution in [3.05, 3.63) is 29.6 Å². The van der Waals surface area contributed by atoms with Crippen LogP contribution in [0.5, 0.6) is 0 Å². The van der Waals surface area contributed by atoms with E-state index in [2.05, 4.69) is 5.32 Å². The maximum atomic E-state index is 12.8. The van der Waals surface area contributed by atoms with Gasteiger partial charge in [0.15, 0.2) is 0 Å². The van der Waals surface area contributed by atoms with E-state index in [0.717, 1.165) is 12.1 Å². The molecule has 0 bridgehead atoms. The topological polar surface area (TPSA) is 35.8 Å². The molecule has 1 N–H and O–H groups in total. The molecule has 0 aromatic heterocycles. The van der Waals surface area contributed by atoms with Gasteiger partial charge in [0.1, 0.15) is 11.9 Å². The maximum absolute atomic E-state index is 12.8. The molecule has 1 aromatic carbocycles. The zero-order chi connectivity index (χ0) is 13.1. The van der Waals surface area contributed by atoms with Crippen molar-refractivity contribution in [1.29, 1.82) is 5.26 Å². The average Bonchev–Trinajstić information content (AvgIpc) is 2.17. The first-order chi connectivity index (χ1) is 7.81. The van der Waals surface area contributed by atoms with Gasteiger partial charge in [0.2, 0.25) is 0 Å². The molecule has 0 aliphatic heterocycles. The Morgan fingerprint density at radius 1 is 1.41 bits per heavy atom. The molecule has 1 rings (SSSR count). The third-order valence-corrected chi connectivity index (χ3v) is 2.04. The minimum atomic E-state index is -4.28. The van der Waals surface area contributed by atoms with Crippen LogP contribution in [0.3, 0.4) is 0 Å². The minimum absolute atomic E-state index is 0.0148. The lowest BCUT2D eigenvalue weighted by atomic mass is 10.1. The van der Waals surface area contributed by atoms with E-state index in [9.17, 15) is 17.6 Å². The van der Waals surface area contributed by atoms with Crippen LogP contribution in [0.1, 0.15) is 18.9 Å². The second-order valence-corrected chi connectivity index (χ2v) is 3.67. The van der Waals surface area contributed by atoms with E-state index < -0.39 is 24.5 Å². The van der Waals surface area contributed by atoms with E-state index in [1.54, 1.807) is 6.07 Å². The number of nitrogens with zero attached hydrogens (tertiary/aromatic N) is 1. The number of nitrogens with one attached hydrogen (secondary N) is 1. The SMILES string of the molecule is CC(CC(F)(F)F)Nc1ccc(F)cc1C#N. The number of halogens is 4. The second kappa shape index (κ2) is 5.04. The Balaban J connectivity index is 2.79. The van der Waals surface area contributed by atoms with Gasteiger partial charge in [-0.2, -0.15) is 18.4 Å². The number of benzene rings is 1. The monoisotopic (exact) mass is 246 g/mol. The predicted molar refractivity (Wildman–Crippen MR) is 54.9 cm³/mol. The Labute approximate surface area is 95.9 Å². The van der Waals surface area contributed by atoms with E-state index in [0.29, 0.717) is 0 Å². The number of rotatable bonds is 3. The summed E-state index contributed by atoms with van der Waals surface area (Å²) in [5.41, 5.74) is 0.185. The summed E-state index contributed by atoms with van der Waals surface area (Å²) in [6.07, 6.45) is -5.30. The summed E-state index contributed by atoms with van der Waals surface area (Å²) in [7, 11) is 0. The quantitative estimate of drug-likeness (QED) is 0.829. The van der Waals surface area contributed by atoms with Crippen LogP contribution in [-0.4, -0.2) is 12.2 Å². The van der Waals surface area contributed by atoms with Crippen molar-refractivity contribution in [2.45, 2.75) is 25.6 Å². The van der Waals surface area contributed by atoms with Crippen LogP contribution in [0.25, 0.3) is 0 Å². The number of anilines is 1. The average molecular weight is 246 g/mol. The highest BCUT2D eigenvalue weighted by Crippen LogP contribution is 2.24. The fourth-order valence-electron chi connectivity index (χ4n) is 1.40. The smallest absolute Gasteiger partial charge is 0.381 e. The van der Waals surface area contributed by atoms with Crippen LogP contribution in [0.4, 0.5) is 23.2 Å². The zero-order valence-electron chi connectivity index (χ0n) is 8.98. The van der Waals surface area contributed by atoms with Crippen molar-refractivity contribution in [3.8, 4) is 6.07 Å². The fraction of sp³-hybridized carbons (Fsp3) is 0.364. The standard InChI is InChI=1S/C11H10F4N2/c1-7(5-11(13,14)15)17-10-3-2-9(12)4-8(10)6-16/h2-4,7,17H,5H2,1H3. The van der Waals surface area contributed by atoms with Crippen LogP contribution in [0.15, 0.2) is 18.2 Å². The van der Waals surface area contributed by atoms with Crippen LogP contribution in [0.2, 0.25) is 0 Å². The third kappa shape index (κ3) is 4.31. The second-order valence-electron chi connectivity index (χ2n) is 3.67. The lowest BCUT2D eigenvalue weighted by Gasteiger charge is -2.17. The summed E-state index contributed by atoms with van der Waals surface area (Å²) in [5, 5.41) is 11.2. The normalized spacial score (nSPS) is 12.9. The van der Waals surface area contributed by atoms with Crippen LogP contribution in [-0.2, 0) is 0 Å². The number of hydrogen-bond donors (Lipinski definition) is 1. The maximum Gasteiger partial charge on any atom is 0.391 e. The predicted octanol–water partition coefficient (Wildman–Crippen LogP) is 3.45. The molecule has 0 spiro atoms. The van der Waals surface area contributed by atoms with Gasteiger partial charge in [-0.1, -0.05) is 0 Å². The number of hydrogen-bond acceptors (Lipinski definition) is 2. The molecular weight excluding hydrogens is 236 g/mol. The van der Waals surface area contributed by atoms with Crippen molar-refractivity contribution < 1.29 is 17.6 Å². The molecule has 0 saturated heterocycles. The van der Waals surface area contributed by atoms with Gasteiger partial charge in [0.25, 0.3) is 0 Å². The first-order valence-electron chi connectivity index (χ1n) is 4.85. The number of nitriles is 1. The molecule has 0 aliphatic carbocycles. The molecule has 92 valence electrons. The van der Waals surface area contributed by atoms with Crippen molar-refractivity contribution in [2.75, 3.05) is 5.32 Å². The van der Waals surface area contributed by atoms with Gasteiger partial charge in [-0.3, -0.25) is 0 Å². The van der Waals surface area contributed by atoms with E-state index in [1.165, 1.54) is 13.0 Å². The van der Waals surface area contributed by atoms with Crippen LogP contribution < -0.4 is 5.32 Å². The van der Waals surface area contributed by atoms with Gasteiger partial charge < -0.3 is 5.32 Å². The molecule has 6 heteroatoms. The Bertz CT molecular complexity index is 434. The van der Waals surface area contributed by atoms with Gasteiger partial charge in [-0.05, 0) is 25.1 Å². The molecule has 1 atom stereocenters. The largest absolute Gasteiger partial charge is 0.391 e. The van der Waals surface area contributed by atoms with Crippen molar-refractivity contribution in [1.82, 2.24) is 0 Å². The van der Waals surface area contributed by atoms with Crippen LogP contribution in [0, 0.1) is 17.1 Å². The molecule has 0 heterocycles. The lowest BCUT2D eigenvalue weighted by Crippen LogP contribution is -2.24. The van der Waals surface area contributed by atoms with Crippen LogP contribution >= 0.6 is 0 Å². The summed E-state index contributed by atoms with van der Waals surface area (Å²) < 4.78 is 49.1. The highest BCUT2D eigenvalue weighted by Gasteiger charge is 2.30. The van der Waals surface area contributed by atoms with E-state index >= 15 is 0 Å². The molecule has 1 unspecified atom stereocenters. The fourth-order valence-corrected chi connectivity index (χ4v) is 1.40.